The Bertz CT molecular complexity index is 350. The van der Waals surface area contributed by atoms with E-state index in [1.807, 2.05) is 37.3 Å². The van der Waals surface area contributed by atoms with Gasteiger partial charge in [0.2, 0.25) is 0 Å². The molecule has 0 radical (unpaired) electrons. The summed E-state index contributed by atoms with van der Waals surface area (Å²) in [7, 11) is 0. The second kappa shape index (κ2) is 5.17. The van der Waals surface area contributed by atoms with Crippen molar-refractivity contribution < 1.29 is 5.11 Å². The lowest BCUT2D eigenvalue weighted by molar-refractivity contribution is 0.00857. The lowest BCUT2D eigenvalue weighted by Gasteiger charge is -2.37. The second-order valence-corrected chi connectivity index (χ2v) is 5.23. The van der Waals surface area contributed by atoms with Crippen molar-refractivity contribution in [1.82, 2.24) is 10.2 Å². The van der Waals surface area contributed by atoms with Crippen molar-refractivity contribution in [3.05, 3.63) is 35.9 Å². The lowest BCUT2D eigenvalue weighted by Crippen LogP contribution is -2.52. The molecule has 2 rings (SSSR count). The standard InChI is InChI=1S/C14H22N2O/c1-12-10-16(9-8-15-12)11-14(2,17)13-6-4-3-5-7-13/h3-7,12,15,17H,8-11H2,1-2H3/t12-,14?/m1/s1. The fourth-order valence-electron chi connectivity index (χ4n) is 2.48. The van der Waals surface area contributed by atoms with Crippen LogP contribution in [0.3, 0.4) is 0 Å². The number of rotatable bonds is 3. The molecule has 3 heteroatoms. The first-order chi connectivity index (χ1) is 8.08. The highest BCUT2D eigenvalue weighted by Crippen LogP contribution is 2.21. The molecule has 1 aromatic carbocycles. The summed E-state index contributed by atoms with van der Waals surface area (Å²) in [5, 5.41) is 14.0. The molecule has 0 amide bonds. The van der Waals surface area contributed by atoms with Crippen LogP contribution in [0.1, 0.15) is 19.4 Å². The zero-order valence-electron chi connectivity index (χ0n) is 10.7. The third-order valence-corrected chi connectivity index (χ3v) is 3.38. The van der Waals surface area contributed by atoms with Crippen molar-refractivity contribution in [3.63, 3.8) is 0 Å². The number of aliphatic hydroxyl groups is 1. The Morgan fingerprint density at radius 1 is 1.41 bits per heavy atom. The molecule has 0 saturated carbocycles. The maximum atomic E-state index is 10.6. The largest absolute Gasteiger partial charge is 0.384 e. The number of hydrogen-bond donors (Lipinski definition) is 2. The smallest absolute Gasteiger partial charge is 0.0994 e. The minimum Gasteiger partial charge on any atom is -0.384 e. The van der Waals surface area contributed by atoms with Crippen molar-refractivity contribution in [3.8, 4) is 0 Å². The first kappa shape index (κ1) is 12.6. The van der Waals surface area contributed by atoms with Crippen LogP contribution in [0.15, 0.2) is 30.3 Å². The molecule has 2 atom stereocenters. The topological polar surface area (TPSA) is 35.5 Å². The molecule has 0 bridgehead atoms. The third kappa shape index (κ3) is 3.28. The van der Waals surface area contributed by atoms with E-state index in [-0.39, 0.29) is 0 Å². The monoisotopic (exact) mass is 234 g/mol. The normalized spacial score (nSPS) is 25.5. The van der Waals surface area contributed by atoms with E-state index in [4.69, 9.17) is 0 Å². The van der Waals surface area contributed by atoms with Crippen molar-refractivity contribution in [2.24, 2.45) is 0 Å². The van der Waals surface area contributed by atoms with Crippen molar-refractivity contribution in [2.75, 3.05) is 26.2 Å². The van der Waals surface area contributed by atoms with Crippen LogP contribution < -0.4 is 5.32 Å². The summed E-state index contributed by atoms with van der Waals surface area (Å²) in [5.41, 5.74) is 0.226. The van der Waals surface area contributed by atoms with Gasteiger partial charge in [-0.2, -0.15) is 0 Å². The molecule has 3 nitrogen and oxygen atoms in total. The van der Waals surface area contributed by atoms with E-state index in [1.54, 1.807) is 0 Å². The Morgan fingerprint density at radius 2 is 2.12 bits per heavy atom. The SMILES string of the molecule is C[C@@H]1CN(CC(C)(O)c2ccccc2)CCN1. The average Bonchev–Trinajstić information content (AvgIpc) is 2.29. The molecule has 1 unspecified atom stereocenters. The minimum absolute atomic E-state index is 0.510. The van der Waals surface area contributed by atoms with Gasteiger partial charge in [-0.05, 0) is 19.4 Å². The zero-order chi connectivity index (χ0) is 12.3. The number of piperazine rings is 1. The first-order valence-electron chi connectivity index (χ1n) is 6.31. The molecule has 1 aliphatic rings. The summed E-state index contributed by atoms with van der Waals surface area (Å²) in [6.45, 7) is 7.80. The van der Waals surface area contributed by atoms with E-state index in [9.17, 15) is 5.11 Å². The van der Waals surface area contributed by atoms with Crippen LogP contribution in [0.25, 0.3) is 0 Å². The maximum Gasteiger partial charge on any atom is 0.0994 e. The van der Waals surface area contributed by atoms with Gasteiger partial charge in [-0.3, -0.25) is 4.90 Å². The van der Waals surface area contributed by atoms with Gasteiger partial charge in [0.25, 0.3) is 0 Å². The van der Waals surface area contributed by atoms with Gasteiger partial charge in [-0.25, -0.2) is 0 Å². The molecule has 2 N–H and O–H groups in total. The Balaban J connectivity index is 2.01. The molecule has 17 heavy (non-hydrogen) atoms. The number of nitrogens with one attached hydrogen (secondary N) is 1. The highest BCUT2D eigenvalue weighted by atomic mass is 16.3. The number of nitrogens with zero attached hydrogens (tertiary/aromatic N) is 1. The predicted molar refractivity (Wildman–Crippen MR) is 69.9 cm³/mol. The maximum absolute atomic E-state index is 10.6. The summed E-state index contributed by atoms with van der Waals surface area (Å²) in [6.07, 6.45) is 0. The van der Waals surface area contributed by atoms with Crippen molar-refractivity contribution in [2.45, 2.75) is 25.5 Å². The summed E-state index contributed by atoms with van der Waals surface area (Å²) < 4.78 is 0. The van der Waals surface area contributed by atoms with Crippen LogP contribution in [0.4, 0.5) is 0 Å². The first-order valence-corrected chi connectivity index (χ1v) is 6.31. The molecular formula is C14H22N2O. The van der Waals surface area contributed by atoms with Gasteiger partial charge in [0.15, 0.2) is 0 Å². The van der Waals surface area contributed by atoms with E-state index in [1.165, 1.54) is 0 Å². The zero-order valence-corrected chi connectivity index (χ0v) is 10.7. The van der Waals surface area contributed by atoms with Gasteiger partial charge in [0.05, 0.1) is 5.60 Å². The van der Waals surface area contributed by atoms with Gasteiger partial charge in [0, 0.05) is 32.2 Å². The Labute approximate surface area is 103 Å². The number of hydrogen-bond acceptors (Lipinski definition) is 3. The Morgan fingerprint density at radius 3 is 2.76 bits per heavy atom. The fourth-order valence-corrected chi connectivity index (χ4v) is 2.48. The molecule has 0 spiro atoms. The van der Waals surface area contributed by atoms with Gasteiger partial charge < -0.3 is 10.4 Å². The quantitative estimate of drug-likeness (QED) is 0.824. The Hall–Kier alpha value is -0.900. The average molecular weight is 234 g/mol. The summed E-state index contributed by atoms with van der Waals surface area (Å²) in [5.74, 6) is 0. The summed E-state index contributed by atoms with van der Waals surface area (Å²) in [6, 6.07) is 10.4. The molecule has 94 valence electrons. The predicted octanol–water partition coefficient (Wildman–Crippen LogP) is 1.19. The molecule has 1 fully saturated rings. The van der Waals surface area contributed by atoms with Crippen LogP contribution in [-0.4, -0.2) is 42.2 Å². The van der Waals surface area contributed by atoms with Gasteiger partial charge in [0.1, 0.15) is 0 Å². The van der Waals surface area contributed by atoms with E-state index >= 15 is 0 Å². The molecule has 0 aromatic heterocycles. The van der Waals surface area contributed by atoms with Crippen LogP contribution in [0, 0.1) is 0 Å². The molecule has 0 aliphatic carbocycles. The number of benzene rings is 1. The number of β-amino-alcohol motifs (C(OH)–C–C–N with tert-alkyl or cyclic N) is 1. The third-order valence-electron chi connectivity index (χ3n) is 3.38. The van der Waals surface area contributed by atoms with Crippen LogP contribution in [0.5, 0.6) is 0 Å². The van der Waals surface area contributed by atoms with Crippen molar-refractivity contribution in [1.29, 1.82) is 0 Å². The van der Waals surface area contributed by atoms with Crippen molar-refractivity contribution >= 4 is 0 Å². The molecule has 1 aliphatic heterocycles. The summed E-state index contributed by atoms with van der Waals surface area (Å²) in [4.78, 5) is 2.33. The van der Waals surface area contributed by atoms with Gasteiger partial charge in [-0.1, -0.05) is 30.3 Å². The highest BCUT2D eigenvalue weighted by Gasteiger charge is 2.27. The molecule has 1 aromatic rings. The molecule has 1 heterocycles. The Kier molecular flexibility index (Phi) is 3.82. The van der Waals surface area contributed by atoms with E-state index in [0.29, 0.717) is 12.6 Å². The van der Waals surface area contributed by atoms with Crippen LogP contribution in [-0.2, 0) is 5.60 Å². The molecular weight excluding hydrogens is 212 g/mol. The second-order valence-electron chi connectivity index (χ2n) is 5.23. The van der Waals surface area contributed by atoms with Gasteiger partial charge >= 0.3 is 0 Å². The molecule has 1 saturated heterocycles. The fraction of sp³-hybridized carbons (Fsp3) is 0.571. The van der Waals surface area contributed by atoms with E-state index < -0.39 is 5.60 Å². The van der Waals surface area contributed by atoms with E-state index in [2.05, 4.69) is 17.1 Å². The lowest BCUT2D eigenvalue weighted by atomic mass is 9.95. The van der Waals surface area contributed by atoms with Crippen LogP contribution in [0.2, 0.25) is 0 Å². The van der Waals surface area contributed by atoms with Gasteiger partial charge in [-0.15, -0.1) is 0 Å². The highest BCUT2D eigenvalue weighted by molar-refractivity contribution is 5.21. The summed E-state index contributed by atoms with van der Waals surface area (Å²) >= 11 is 0. The minimum atomic E-state index is -0.766. The van der Waals surface area contributed by atoms with E-state index in [0.717, 1.165) is 25.2 Å². The van der Waals surface area contributed by atoms with Crippen LogP contribution >= 0.6 is 0 Å².